The Bertz CT molecular complexity index is 1170. The molecule has 26 heavy (non-hydrogen) atoms. The molecule has 8 nitrogen and oxygen atoms in total. The first kappa shape index (κ1) is 15.1. The molecule has 0 radical (unpaired) electrons. The van der Waals surface area contributed by atoms with Gasteiger partial charge in [0.05, 0.1) is 24.3 Å². The van der Waals surface area contributed by atoms with E-state index in [0.717, 1.165) is 40.6 Å². The van der Waals surface area contributed by atoms with Crippen LogP contribution in [0.2, 0.25) is 0 Å². The minimum Gasteiger partial charge on any atom is -0.385 e. The average molecular weight is 347 g/mol. The van der Waals surface area contributed by atoms with Crippen molar-refractivity contribution in [3.63, 3.8) is 0 Å². The summed E-state index contributed by atoms with van der Waals surface area (Å²) in [6, 6.07) is 6.06. The quantitative estimate of drug-likeness (QED) is 0.578. The molecule has 0 saturated heterocycles. The van der Waals surface area contributed by atoms with E-state index in [4.69, 9.17) is 5.26 Å². The number of rotatable bonds is 2. The highest BCUT2D eigenvalue weighted by Crippen LogP contribution is 2.34. The summed E-state index contributed by atoms with van der Waals surface area (Å²) in [5.41, 5.74) is 4.08. The third kappa shape index (κ3) is 2.07. The lowest BCUT2D eigenvalue weighted by Gasteiger charge is -2.27. The van der Waals surface area contributed by atoms with Crippen LogP contribution >= 0.6 is 0 Å². The van der Waals surface area contributed by atoms with E-state index in [-0.39, 0.29) is 6.04 Å². The normalized spacial score (nSPS) is 18.1. The number of nitriles is 1. The van der Waals surface area contributed by atoms with Crippen molar-refractivity contribution in [1.29, 1.82) is 5.26 Å². The maximum atomic E-state index is 10.3. The van der Waals surface area contributed by atoms with Gasteiger partial charge < -0.3 is 14.7 Å². The second kappa shape index (κ2) is 5.41. The Kier molecular flexibility index (Phi) is 3.14. The van der Waals surface area contributed by atoms with Crippen LogP contribution in [0.5, 0.6) is 0 Å². The fourth-order valence-electron chi connectivity index (χ4n) is 3.96. The number of aromatic amines is 1. The summed E-state index contributed by atoms with van der Waals surface area (Å²) in [7, 11) is 0. The van der Waals surface area contributed by atoms with Crippen LogP contribution < -0.4 is 0 Å². The summed E-state index contributed by atoms with van der Waals surface area (Å²) >= 11 is 0. The maximum Gasteiger partial charge on any atom is 0.162 e. The number of pyridine rings is 1. The number of aromatic nitrogens is 6. The van der Waals surface area contributed by atoms with Crippen molar-refractivity contribution in [1.82, 2.24) is 29.3 Å². The minimum absolute atomic E-state index is 0.101. The molecule has 130 valence electrons. The molecule has 0 aromatic carbocycles. The number of fused-ring (bicyclic) bond motifs is 4. The van der Waals surface area contributed by atoms with Crippen molar-refractivity contribution in [2.45, 2.75) is 38.5 Å². The SMILES string of the molecule is C[C@@H](O)c1nc2cnc3[nH]ccc3c2n1C1CCc2cc(C#N)nn2C1. The lowest BCUT2D eigenvalue weighted by Crippen LogP contribution is -2.25. The molecule has 0 aliphatic carbocycles. The fraction of sp³-hybridized carbons (Fsp3) is 0.333. The summed E-state index contributed by atoms with van der Waals surface area (Å²) in [6.45, 7) is 2.38. The second-order valence-corrected chi connectivity index (χ2v) is 6.76. The van der Waals surface area contributed by atoms with Gasteiger partial charge in [-0.2, -0.15) is 10.4 Å². The molecule has 4 aromatic heterocycles. The number of H-pyrrole nitrogens is 1. The summed E-state index contributed by atoms with van der Waals surface area (Å²) in [5.74, 6) is 0.636. The van der Waals surface area contributed by atoms with E-state index in [2.05, 4.69) is 30.7 Å². The fourth-order valence-corrected chi connectivity index (χ4v) is 3.96. The van der Waals surface area contributed by atoms with E-state index in [9.17, 15) is 5.11 Å². The number of aliphatic hydroxyl groups is 1. The molecule has 2 atom stereocenters. The number of aliphatic hydroxyl groups excluding tert-OH is 1. The Labute approximate surface area is 148 Å². The summed E-state index contributed by atoms with van der Waals surface area (Å²) in [4.78, 5) is 12.2. The number of hydrogen-bond acceptors (Lipinski definition) is 5. The molecule has 4 aromatic rings. The first-order valence-corrected chi connectivity index (χ1v) is 8.64. The Hall–Kier alpha value is -3.18. The van der Waals surface area contributed by atoms with Crippen molar-refractivity contribution >= 4 is 22.1 Å². The average Bonchev–Trinajstić information content (AvgIpc) is 3.34. The first-order chi connectivity index (χ1) is 12.7. The highest BCUT2D eigenvalue weighted by Gasteiger charge is 2.28. The van der Waals surface area contributed by atoms with Crippen LogP contribution in [0.25, 0.3) is 22.1 Å². The Morgan fingerprint density at radius 3 is 3.15 bits per heavy atom. The molecular formula is C18H17N7O. The number of nitrogens with one attached hydrogen (secondary N) is 1. The van der Waals surface area contributed by atoms with Gasteiger partial charge in [0.1, 0.15) is 29.2 Å². The molecular weight excluding hydrogens is 330 g/mol. The molecule has 5 heterocycles. The van der Waals surface area contributed by atoms with E-state index in [1.54, 1.807) is 13.1 Å². The Morgan fingerprint density at radius 1 is 1.46 bits per heavy atom. The molecule has 5 rings (SSSR count). The van der Waals surface area contributed by atoms with Gasteiger partial charge in [-0.15, -0.1) is 0 Å². The number of hydrogen-bond donors (Lipinski definition) is 2. The molecule has 0 spiro atoms. The predicted molar refractivity (Wildman–Crippen MR) is 94.3 cm³/mol. The van der Waals surface area contributed by atoms with Gasteiger partial charge >= 0.3 is 0 Å². The van der Waals surface area contributed by atoms with Crippen LogP contribution in [0, 0.1) is 11.3 Å². The molecule has 0 saturated carbocycles. The summed E-state index contributed by atoms with van der Waals surface area (Å²) in [6.07, 6.45) is 4.65. The molecule has 1 aliphatic rings. The lowest BCUT2D eigenvalue weighted by molar-refractivity contribution is 0.177. The van der Waals surface area contributed by atoms with Crippen molar-refractivity contribution in [3.05, 3.63) is 41.7 Å². The van der Waals surface area contributed by atoms with Gasteiger partial charge in [-0.25, -0.2) is 9.97 Å². The maximum absolute atomic E-state index is 10.3. The van der Waals surface area contributed by atoms with Gasteiger partial charge in [0.25, 0.3) is 0 Å². The summed E-state index contributed by atoms with van der Waals surface area (Å²) < 4.78 is 4.04. The van der Waals surface area contributed by atoms with E-state index in [1.165, 1.54) is 0 Å². The Balaban J connectivity index is 1.71. The first-order valence-electron chi connectivity index (χ1n) is 8.64. The van der Waals surface area contributed by atoms with Crippen LogP contribution in [0.3, 0.4) is 0 Å². The van der Waals surface area contributed by atoms with Crippen LogP contribution in [-0.2, 0) is 13.0 Å². The standard InChI is InChI=1S/C18H17N7O/c1-10(26)18-22-15-8-21-17-14(4-5-20-17)16(15)25(18)13-3-2-12-6-11(7-19)23-24(12)9-13/h4-6,8,10,13,26H,2-3,9H2,1H3,(H,20,21)/t10-,13?/m1/s1. The largest absolute Gasteiger partial charge is 0.385 e. The monoisotopic (exact) mass is 347 g/mol. The van der Waals surface area contributed by atoms with E-state index in [1.807, 2.05) is 23.0 Å². The highest BCUT2D eigenvalue weighted by molar-refractivity contribution is 6.01. The van der Waals surface area contributed by atoms with Crippen LogP contribution in [0.1, 0.15) is 42.7 Å². The van der Waals surface area contributed by atoms with E-state index >= 15 is 0 Å². The van der Waals surface area contributed by atoms with Gasteiger partial charge in [-0.1, -0.05) is 0 Å². The number of imidazole rings is 1. The van der Waals surface area contributed by atoms with Crippen LogP contribution in [0.4, 0.5) is 0 Å². The van der Waals surface area contributed by atoms with Gasteiger partial charge in [-0.3, -0.25) is 4.68 Å². The van der Waals surface area contributed by atoms with Crippen molar-refractivity contribution in [2.75, 3.05) is 0 Å². The molecule has 2 N–H and O–H groups in total. The number of aryl methyl sites for hydroxylation is 1. The van der Waals surface area contributed by atoms with E-state index < -0.39 is 6.10 Å². The topological polar surface area (TPSA) is 108 Å². The zero-order valence-electron chi connectivity index (χ0n) is 14.2. The van der Waals surface area contributed by atoms with Crippen LogP contribution in [0.15, 0.2) is 24.5 Å². The van der Waals surface area contributed by atoms with Crippen molar-refractivity contribution in [2.24, 2.45) is 0 Å². The van der Waals surface area contributed by atoms with Crippen LogP contribution in [-0.4, -0.2) is 34.4 Å². The highest BCUT2D eigenvalue weighted by atomic mass is 16.3. The smallest absolute Gasteiger partial charge is 0.162 e. The minimum atomic E-state index is -0.690. The van der Waals surface area contributed by atoms with Crippen molar-refractivity contribution in [3.8, 4) is 6.07 Å². The predicted octanol–water partition coefficient (Wildman–Crippen LogP) is 2.22. The molecule has 8 heteroatoms. The van der Waals surface area contributed by atoms with Gasteiger partial charge in [0.2, 0.25) is 0 Å². The van der Waals surface area contributed by atoms with Gasteiger partial charge in [0.15, 0.2) is 5.69 Å². The molecule has 0 amide bonds. The summed E-state index contributed by atoms with van der Waals surface area (Å²) in [5, 5.41) is 24.8. The third-order valence-corrected chi connectivity index (χ3v) is 5.10. The van der Waals surface area contributed by atoms with Crippen molar-refractivity contribution < 1.29 is 5.11 Å². The van der Waals surface area contributed by atoms with Gasteiger partial charge in [0, 0.05) is 17.3 Å². The van der Waals surface area contributed by atoms with E-state index in [0.29, 0.717) is 18.1 Å². The zero-order chi connectivity index (χ0) is 17.8. The third-order valence-electron chi connectivity index (χ3n) is 5.10. The van der Waals surface area contributed by atoms with Gasteiger partial charge in [-0.05, 0) is 31.9 Å². The Morgan fingerprint density at radius 2 is 2.35 bits per heavy atom. The molecule has 1 unspecified atom stereocenters. The number of nitrogens with zero attached hydrogens (tertiary/aromatic N) is 6. The zero-order valence-corrected chi connectivity index (χ0v) is 14.2. The molecule has 1 aliphatic heterocycles. The lowest BCUT2D eigenvalue weighted by atomic mass is 10.0. The molecule has 0 bridgehead atoms. The molecule has 0 fully saturated rings. The second-order valence-electron chi connectivity index (χ2n) is 6.76.